The fourth-order valence-electron chi connectivity index (χ4n) is 6.02. The predicted octanol–water partition coefficient (Wildman–Crippen LogP) is 4.41. The molecule has 1 N–H and O–H groups in total. The highest BCUT2D eigenvalue weighted by Crippen LogP contribution is 2.40. The van der Waals surface area contributed by atoms with E-state index in [1.807, 2.05) is 0 Å². The third-order valence-corrected chi connectivity index (χ3v) is 7.51. The van der Waals surface area contributed by atoms with E-state index in [4.69, 9.17) is 0 Å². The fraction of sp³-hybridized carbons (Fsp3) is 0.538. The number of aromatic nitrogens is 4. The Kier molecular flexibility index (Phi) is 7.32. The number of fused-ring (bicyclic) bond motifs is 1. The molecule has 3 aromatic rings. The molecule has 0 radical (unpaired) electrons. The van der Waals surface area contributed by atoms with Gasteiger partial charge in [0.1, 0.15) is 11.5 Å². The maximum absolute atomic E-state index is 14.4. The minimum absolute atomic E-state index is 0.121. The van der Waals surface area contributed by atoms with Crippen LogP contribution in [0.2, 0.25) is 0 Å². The second kappa shape index (κ2) is 10.6. The van der Waals surface area contributed by atoms with Gasteiger partial charge in [-0.1, -0.05) is 12.8 Å². The molecule has 1 unspecified atom stereocenters. The number of nitrogens with one attached hydrogen (secondary N) is 1. The number of nitrogens with zero attached hydrogens (tertiary/aromatic N) is 6. The normalized spacial score (nSPS) is 20.6. The Balaban J connectivity index is 1.30. The summed E-state index contributed by atoms with van der Waals surface area (Å²) in [7, 11) is 1.76. The first-order valence-electron chi connectivity index (χ1n) is 12.8. The molecule has 1 aliphatic heterocycles. The van der Waals surface area contributed by atoms with Gasteiger partial charge in [-0.2, -0.15) is 0 Å². The zero-order valence-electron chi connectivity index (χ0n) is 21.1. The lowest BCUT2D eigenvalue weighted by Gasteiger charge is -2.35. The largest absolute Gasteiger partial charge is 0.352 e. The molecule has 1 aliphatic carbocycles. The van der Waals surface area contributed by atoms with Crippen LogP contribution in [0.5, 0.6) is 0 Å². The number of anilines is 2. The van der Waals surface area contributed by atoms with Crippen molar-refractivity contribution in [3.05, 3.63) is 48.1 Å². The van der Waals surface area contributed by atoms with Gasteiger partial charge in [0.25, 0.3) is 12.3 Å². The Morgan fingerprint density at radius 1 is 1.19 bits per heavy atom. The zero-order chi connectivity index (χ0) is 26.1. The van der Waals surface area contributed by atoms with Gasteiger partial charge in [0.15, 0.2) is 11.5 Å². The number of amides is 1. The third kappa shape index (κ3) is 5.56. The summed E-state index contributed by atoms with van der Waals surface area (Å²) in [5.41, 5.74) is 1.27. The molecular formula is C26H32F3N7O. The van der Waals surface area contributed by atoms with Crippen LogP contribution in [0, 0.1) is 24.6 Å². The molecule has 1 saturated carbocycles. The summed E-state index contributed by atoms with van der Waals surface area (Å²) in [6.07, 6.45) is 9.49. The lowest BCUT2D eigenvalue weighted by Crippen LogP contribution is -2.43. The van der Waals surface area contributed by atoms with E-state index in [0.29, 0.717) is 24.0 Å². The van der Waals surface area contributed by atoms with Crippen molar-refractivity contribution in [2.75, 3.05) is 36.9 Å². The smallest absolute Gasteiger partial charge is 0.275 e. The molecule has 1 saturated heterocycles. The van der Waals surface area contributed by atoms with Crippen LogP contribution in [0.3, 0.4) is 0 Å². The van der Waals surface area contributed by atoms with Crippen LogP contribution < -0.4 is 10.2 Å². The van der Waals surface area contributed by atoms with Gasteiger partial charge in [0.2, 0.25) is 0 Å². The summed E-state index contributed by atoms with van der Waals surface area (Å²) in [6.45, 7) is 2.93. The summed E-state index contributed by atoms with van der Waals surface area (Å²) < 4.78 is 41.7. The monoisotopic (exact) mass is 515 g/mol. The zero-order valence-corrected chi connectivity index (χ0v) is 21.1. The highest BCUT2D eigenvalue weighted by Gasteiger charge is 2.41. The first-order valence-corrected chi connectivity index (χ1v) is 12.8. The Bertz CT molecular complexity index is 1240. The molecule has 2 atom stereocenters. The Labute approximate surface area is 213 Å². The van der Waals surface area contributed by atoms with Crippen molar-refractivity contribution in [2.45, 2.75) is 51.5 Å². The van der Waals surface area contributed by atoms with E-state index in [9.17, 15) is 18.0 Å². The molecule has 3 aromatic heterocycles. The van der Waals surface area contributed by atoms with E-state index in [0.717, 1.165) is 25.8 Å². The first-order chi connectivity index (χ1) is 17.8. The average Bonchev–Trinajstić information content (AvgIpc) is 3.58. The number of alkyl halides is 2. The molecule has 0 aromatic carbocycles. The lowest BCUT2D eigenvalue weighted by atomic mass is 9.87. The molecular weight excluding hydrogens is 483 g/mol. The van der Waals surface area contributed by atoms with Crippen molar-refractivity contribution in [2.24, 2.45) is 11.8 Å². The van der Waals surface area contributed by atoms with Crippen LogP contribution in [0.25, 0.3) is 5.65 Å². The van der Waals surface area contributed by atoms with Gasteiger partial charge < -0.3 is 19.5 Å². The maximum atomic E-state index is 14.4. The number of pyridine rings is 1. The van der Waals surface area contributed by atoms with Crippen LogP contribution in [-0.2, 0) is 0 Å². The minimum Gasteiger partial charge on any atom is -0.352 e. The van der Waals surface area contributed by atoms with Gasteiger partial charge in [-0.3, -0.25) is 4.79 Å². The van der Waals surface area contributed by atoms with Crippen LogP contribution in [0.4, 0.5) is 24.7 Å². The quantitative estimate of drug-likeness (QED) is 0.479. The number of carbonyl (C=O) groups excluding carboxylic acids is 1. The van der Waals surface area contributed by atoms with Crippen molar-refractivity contribution >= 4 is 23.1 Å². The molecule has 2 fully saturated rings. The van der Waals surface area contributed by atoms with Gasteiger partial charge in [0, 0.05) is 37.6 Å². The maximum Gasteiger partial charge on any atom is 0.275 e. The molecule has 0 bridgehead atoms. The highest BCUT2D eigenvalue weighted by molar-refractivity contribution is 6.02. The molecule has 2 aliphatic rings. The van der Waals surface area contributed by atoms with Gasteiger partial charge in [-0.25, -0.2) is 28.1 Å². The van der Waals surface area contributed by atoms with Gasteiger partial charge >= 0.3 is 0 Å². The highest BCUT2D eigenvalue weighted by atomic mass is 19.3. The number of carbonyl (C=O) groups is 1. The molecule has 37 heavy (non-hydrogen) atoms. The molecule has 1 amide bonds. The predicted molar refractivity (Wildman–Crippen MR) is 135 cm³/mol. The molecule has 5 rings (SSSR count). The number of halogens is 3. The van der Waals surface area contributed by atoms with Gasteiger partial charge in [0.05, 0.1) is 30.3 Å². The van der Waals surface area contributed by atoms with Crippen LogP contribution in [0.15, 0.2) is 30.9 Å². The second-order valence-electron chi connectivity index (χ2n) is 10.3. The number of imidazole rings is 1. The summed E-state index contributed by atoms with van der Waals surface area (Å²) in [5.74, 6) is 0.430. The van der Waals surface area contributed by atoms with Crippen molar-refractivity contribution < 1.29 is 18.0 Å². The van der Waals surface area contributed by atoms with Crippen LogP contribution in [-0.4, -0.2) is 69.3 Å². The average molecular weight is 516 g/mol. The van der Waals surface area contributed by atoms with E-state index >= 15 is 0 Å². The van der Waals surface area contributed by atoms with E-state index in [1.165, 1.54) is 29.5 Å². The van der Waals surface area contributed by atoms with Crippen LogP contribution >= 0.6 is 0 Å². The van der Waals surface area contributed by atoms with Crippen molar-refractivity contribution in [1.29, 1.82) is 0 Å². The lowest BCUT2D eigenvalue weighted by molar-refractivity contribution is 0.0903. The molecule has 8 nitrogen and oxygen atoms in total. The number of aryl methyl sites for hydroxylation is 1. The van der Waals surface area contributed by atoms with Crippen LogP contribution in [0.1, 0.15) is 48.3 Å². The fourth-order valence-corrected chi connectivity index (χ4v) is 6.02. The Hall–Kier alpha value is -3.21. The molecule has 198 valence electrons. The third-order valence-electron chi connectivity index (χ3n) is 7.51. The SMILES string of the molecule is Cc1cn2cc(NC(=O)c3cnc(N4CC[C@@H](CN(C)CC(F)F)C4C4CCCC4)cn3)cc(F)c2n1. The topological polar surface area (TPSA) is 78.7 Å². The number of hydrogen-bond donors (Lipinski definition) is 1. The Morgan fingerprint density at radius 2 is 1.97 bits per heavy atom. The number of rotatable bonds is 8. The first kappa shape index (κ1) is 25.4. The van der Waals surface area contributed by atoms with Crippen molar-refractivity contribution in [3.63, 3.8) is 0 Å². The Morgan fingerprint density at radius 3 is 2.68 bits per heavy atom. The second-order valence-corrected chi connectivity index (χ2v) is 10.3. The summed E-state index contributed by atoms with van der Waals surface area (Å²) in [4.78, 5) is 29.8. The number of hydrogen-bond acceptors (Lipinski definition) is 6. The molecule has 4 heterocycles. The molecule has 0 spiro atoms. The van der Waals surface area contributed by atoms with E-state index in [-0.39, 0.29) is 35.5 Å². The van der Waals surface area contributed by atoms with Gasteiger partial charge in [-0.15, -0.1) is 0 Å². The van der Waals surface area contributed by atoms with E-state index < -0.39 is 18.1 Å². The standard InChI is InChI=1S/C26H32F3N7O/c1-16-12-35-14-19(9-20(27)25(35)32-16)33-26(37)21-10-31-23(11-30-21)36-8-7-18(13-34(2)15-22(28)29)24(36)17-5-3-4-6-17/h9-12,14,17-18,22,24H,3-8,13,15H2,1-2H3,(H,33,37)/t18-,24?/m0/s1. The van der Waals surface area contributed by atoms with Crippen molar-refractivity contribution in [1.82, 2.24) is 24.3 Å². The molecule has 11 heteroatoms. The minimum atomic E-state index is -2.35. The van der Waals surface area contributed by atoms with E-state index in [1.54, 1.807) is 37.5 Å². The van der Waals surface area contributed by atoms with Crippen molar-refractivity contribution in [3.8, 4) is 0 Å². The summed E-state index contributed by atoms with van der Waals surface area (Å²) >= 11 is 0. The van der Waals surface area contributed by atoms with E-state index in [2.05, 4.69) is 25.2 Å². The van der Waals surface area contributed by atoms with Gasteiger partial charge in [-0.05, 0) is 45.1 Å². The summed E-state index contributed by atoms with van der Waals surface area (Å²) in [6, 6.07) is 1.44. The summed E-state index contributed by atoms with van der Waals surface area (Å²) in [5, 5.41) is 2.68.